The molecular weight excluding hydrogens is 270 g/mol. The lowest BCUT2D eigenvalue weighted by Gasteiger charge is -2.21. The SMILES string of the molecule is CCNC1CCCc2sc(CCOCC(F)F)nc21. The van der Waals surface area contributed by atoms with Crippen molar-refractivity contribution in [1.29, 1.82) is 0 Å². The number of nitrogens with one attached hydrogen (secondary N) is 1. The molecule has 108 valence electrons. The van der Waals surface area contributed by atoms with E-state index in [9.17, 15) is 8.78 Å². The number of nitrogens with zero attached hydrogens (tertiary/aromatic N) is 1. The highest BCUT2D eigenvalue weighted by atomic mass is 32.1. The number of aromatic nitrogens is 1. The van der Waals surface area contributed by atoms with E-state index in [0.717, 1.165) is 24.4 Å². The van der Waals surface area contributed by atoms with E-state index >= 15 is 0 Å². The number of rotatable bonds is 7. The van der Waals surface area contributed by atoms with Crippen molar-refractivity contribution in [1.82, 2.24) is 10.3 Å². The van der Waals surface area contributed by atoms with Gasteiger partial charge >= 0.3 is 0 Å². The molecule has 1 aromatic rings. The van der Waals surface area contributed by atoms with Crippen molar-refractivity contribution in [3.63, 3.8) is 0 Å². The molecule has 2 rings (SSSR count). The molecule has 3 nitrogen and oxygen atoms in total. The van der Waals surface area contributed by atoms with Gasteiger partial charge in [-0.2, -0.15) is 0 Å². The van der Waals surface area contributed by atoms with Crippen LogP contribution in [0.3, 0.4) is 0 Å². The van der Waals surface area contributed by atoms with Gasteiger partial charge in [-0.15, -0.1) is 11.3 Å². The van der Waals surface area contributed by atoms with Crippen molar-refractivity contribution >= 4 is 11.3 Å². The molecule has 1 atom stereocenters. The van der Waals surface area contributed by atoms with E-state index in [1.165, 1.54) is 17.0 Å². The van der Waals surface area contributed by atoms with Crippen molar-refractivity contribution in [2.45, 2.75) is 45.1 Å². The van der Waals surface area contributed by atoms with E-state index in [4.69, 9.17) is 4.74 Å². The molecule has 0 aromatic carbocycles. The first-order valence-electron chi connectivity index (χ1n) is 6.78. The minimum absolute atomic E-state index is 0.322. The van der Waals surface area contributed by atoms with Crippen LogP contribution in [-0.4, -0.2) is 31.2 Å². The maximum atomic E-state index is 11.9. The molecule has 0 amide bonds. The highest BCUT2D eigenvalue weighted by Crippen LogP contribution is 2.33. The van der Waals surface area contributed by atoms with Crippen molar-refractivity contribution in [2.24, 2.45) is 0 Å². The number of thiazole rings is 1. The van der Waals surface area contributed by atoms with E-state index in [2.05, 4.69) is 17.2 Å². The molecule has 1 aromatic heterocycles. The highest BCUT2D eigenvalue weighted by Gasteiger charge is 2.23. The molecule has 1 aliphatic carbocycles. The molecule has 1 aliphatic rings. The largest absolute Gasteiger partial charge is 0.375 e. The first-order chi connectivity index (χ1) is 9.20. The fourth-order valence-electron chi connectivity index (χ4n) is 2.35. The van der Waals surface area contributed by atoms with Gasteiger partial charge in [0.1, 0.15) is 6.61 Å². The molecule has 0 aliphatic heterocycles. The van der Waals surface area contributed by atoms with Crippen LogP contribution < -0.4 is 5.32 Å². The summed E-state index contributed by atoms with van der Waals surface area (Å²) in [5.74, 6) is 0. The summed E-state index contributed by atoms with van der Waals surface area (Å²) in [5, 5.41) is 4.45. The second kappa shape index (κ2) is 7.26. The lowest BCUT2D eigenvalue weighted by Crippen LogP contribution is -2.24. The molecular formula is C13H20F2N2OS. The van der Waals surface area contributed by atoms with E-state index in [1.54, 1.807) is 11.3 Å². The van der Waals surface area contributed by atoms with Crippen molar-refractivity contribution in [3.05, 3.63) is 15.6 Å². The van der Waals surface area contributed by atoms with Crippen LogP contribution in [0.25, 0.3) is 0 Å². The number of ether oxygens (including phenoxy) is 1. The van der Waals surface area contributed by atoms with Gasteiger partial charge in [0, 0.05) is 11.3 Å². The van der Waals surface area contributed by atoms with E-state index in [1.807, 2.05) is 0 Å². The summed E-state index contributed by atoms with van der Waals surface area (Å²) in [4.78, 5) is 6.00. The standard InChI is InChI=1S/C13H20F2N2OS/c1-2-16-9-4-3-5-10-13(9)17-12(19-10)6-7-18-8-11(14)15/h9,11,16H,2-8H2,1H3. The summed E-state index contributed by atoms with van der Waals surface area (Å²) in [5.41, 5.74) is 1.17. The second-order valence-electron chi connectivity index (χ2n) is 4.63. The molecule has 0 bridgehead atoms. The summed E-state index contributed by atoms with van der Waals surface area (Å²) in [6, 6.07) is 0.362. The summed E-state index contributed by atoms with van der Waals surface area (Å²) in [6.45, 7) is 2.88. The van der Waals surface area contributed by atoms with E-state index in [-0.39, 0.29) is 0 Å². The Morgan fingerprint density at radius 1 is 1.53 bits per heavy atom. The van der Waals surface area contributed by atoms with Crippen LogP contribution in [0.1, 0.15) is 41.4 Å². The lowest BCUT2D eigenvalue weighted by molar-refractivity contribution is 0.0187. The number of hydrogen-bond acceptors (Lipinski definition) is 4. The predicted molar refractivity (Wildman–Crippen MR) is 72.0 cm³/mol. The molecule has 1 N–H and O–H groups in total. The maximum Gasteiger partial charge on any atom is 0.261 e. The predicted octanol–water partition coefficient (Wildman–Crippen LogP) is 2.95. The zero-order chi connectivity index (χ0) is 13.7. The second-order valence-corrected chi connectivity index (χ2v) is 5.80. The van der Waals surface area contributed by atoms with Gasteiger partial charge in [0.2, 0.25) is 0 Å². The zero-order valence-electron chi connectivity index (χ0n) is 11.1. The Labute approximate surface area is 116 Å². The van der Waals surface area contributed by atoms with Gasteiger partial charge in [0.05, 0.1) is 23.4 Å². The highest BCUT2D eigenvalue weighted by molar-refractivity contribution is 7.11. The average Bonchev–Trinajstić information content (AvgIpc) is 2.79. The maximum absolute atomic E-state index is 11.9. The number of hydrogen-bond donors (Lipinski definition) is 1. The average molecular weight is 290 g/mol. The number of halogens is 2. The molecule has 0 saturated carbocycles. The van der Waals surface area contributed by atoms with Crippen LogP contribution >= 0.6 is 11.3 Å². The lowest BCUT2D eigenvalue weighted by atomic mass is 9.98. The van der Waals surface area contributed by atoms with Crippen LogP contribution in [0, 0.1) is 0 Å². The van der Waals surface area contributed by atoms with Gasteiger partial charge in [-0.3, -0.25) is 0 Å². The third-order valence-electron chi connectivity index (χ3n) is 3.15. The molecule has 0 radical (unpaired) electrons. The topological polar surface area (TPSA) is 34.1 Å². The Morgan fingerprint density at radius 2 is 2.37 bits per heavy atom. The minimum atomic E-state index is -2.39. The Hall–Kier alpha value is -0.590. The number of fused-ring (bicyclic) bond motifs is 1. The summed E-state index contributed by atoms with van der Waals surface area (Å²) >= 11 is 1.71. The molecule has 1 unspecified atom stereocenters. The first-order valence-corrected chi connectivity index (χ1v) is 7.60. The van der Waals surface area contributed by atoms with Gasteiger partial charge in [-0.05, 0) is 25.8 Å². The molecule has 19 heavy (non-hydrogen) atoms. The van der Waals surface area contributed by atoms with Crippen LogP contribution in [0.2, 0.25) is 0 Å². The molecule has 0 fully saturated rings. The third-order valence-corrected chi connectivity index (χ3v) is 4.34. The van der Waals surface area contributed by atoms with E-state index < -0.39 is 13.0 Å². The number of aryl methyl sites for hydroxylation is 1. The van der Waals surface area contributed by atoms with Crippen LogP contribution in [-0.2, 0) is 17.6 Å². The molecule has 1 heterocycles. The Bertz CT molecular complexity index is 398. The smallest absolute Gasteiger partial charge is 0.261 e. The molecule has 0 saturated heterocycles. The summed E-state index contributed by atoms with van der Waals surface area (Å²) in [7, 11) is 0. The number of alkyl halides is 2. The van der Waals surface area contributed by atoms with Gasteiger partial charge in [0.25, 0.3) is 6.43 Å². The Balaban J connectivity index is 1.89. The van der Waals surface area contributed by atoms with E-state index in [0.29, 0.717) is 19.1 Å². The fraction of sp³-hybridized carbons (Fsp3) is 0.769. The fourth-order valence-corrected chi connectivity index (χ4v) is 3.51. The van der Waals surface area contributed by atoms with Gasteiger partial charge < -0.3 is 10.1 Å². The zero-order valence-corrected chi connectivity index (χ0v) is 11.9. The Kier molecular flexibility index (Phi) is 5.66. The van der Waals surface area contributed by atoms with Crippen molar-refractivity contribution in [2.75, 3.05) is 19.8 Å². The molecule has 0 spiro atoms. The van der Waals surface area contributed by atoms with Crippen molar-refractivity contribution in [3.8, 4) is 0 Å². The van der Waals surface area contributed by atoms with Crippen molar-refractivity contribution < 1.29 is 13.5 Å². The molecule has 6 heteroatoms. The first kappa shape index (κ1) is 14.8. The summed E-state index contributed by atoms with van der Waals surface area (Å²) < 4.78 is 28.8. The van der Waals surface area contributed by atoms with Gasteiger partial charge in [-0.1, -0.05) is 6.92 Å². The Morgan fingerprint density at radius 3 is 3.11 bits per heavy atom. The monoisotopic (exact) mass is 290 g/mol. The van der Waals surface area contributed by atoms with Crippen LogP contribution in [0.5, 0.6) is 0 Å². The van der Waals surface area contributed by atoms with Crippen LogP contribution in [0.4, 0.5) is 8.78 Å². The normalized spacial score (nSPS) is 18.8. The minimum Gasteiger partial charge on any atom is -0.375 e. The van der Waals surface area contributed by atoms with Gasteiger partial charge in [-0.25, -0.2) is 13.8 Å². The summed E-state index contributed by atoms with van der Waals surface area (Å²) in [6.07, 6.45) is 1.65. The van der Waals surface area contributed by atoms with Crippen LogP contribution in [0.15, 0.2) is 0 Å². The van der Waals surface area contributed by atoms with Gasteiger partial charge in [0.15, 0.2) is 0 Å². The quantitative estimate of drug-likeness (QED) is 0.784. The third kappa shape index (κ3) is 4.19.